The number of ether oxygens (including phenoxy) is 1. The number of carboxylic acid groups (broad SMARTS) is 1. The lowest BCUT2D eigenvalue weighted by molar-refractivity contribution is -0.139. The van der Waals surface area contributed by atoms with Gasteiger partial charge in [-0.25, -0.2) is 9.78 Å². The lowest BCUT2D eigenvalue weighted by atomic mass is 10.2. The molecule has 0 aliphatic heterocycles. The van der Waals surface area contributed by atoms with Crippen molar-refractivity contribution in [3.63, 3.8) is 0 Å². The molecule has 0 fully saturated rings. The molecule has 0 saturated carbocycles. The minimum absolute atomic E-state index is 0.275. The van der Waals surface area contributed by atoms with Gasteiger partial charge in [0.1, 0.15) is 11.3 Å². The Bertz CT molecular complexity index is 1600. The molecule has 1 N–H and O–H groups in total. The van der Waals surface area contributed by atoms with Gasteiger partial charge in [-0.15, -0.1) is 0 Å². The number of benzene rings is 3. The zero-order valence-corrected chi connectivity index (χ0v) is 19.1. The smallest absolute Gasteiger partial charge is 0.341 e. The van der Waals surface area contributed by atoms with E-state index < -0.39 is 12.6 Å². The van der Waals surface area contributed by atoms with Gasteiger partial charge in [0, 0.05) is 5.39 Å². The van der Waals surface area contributed by atoms with Crippen LogP contribution in [0.3, 0.4) is 0 Å². The molecule has 8 nitrogen and oxygen atoms in total. The maximum Gasteiger partial charge on any atom is 0.341 e. The molecule has 3 aromatic carbocycles. The standard InChI is InChI=1S/C25H16BrN3O5/c26-18-11-15(9-10-21(18)33-14-23(30)31)13-27-29-24(22-12-16-5-1-4-8-20(16)34-22)28-19-7-3-2-6-17(19)25(29)32/h1-13H,14H2,(H,30,31). The maximum atomic E-state index is 13.3. The number of aliphatic carboxylic acids is 1. The van der Waals surface area contributed by atoms with Gasteiger partial charge < -0.3 is 14.3 Å². The van der Waals surface area contributed by atoms with E-state index in [1.807, 2.05) is 36.4 Å². The van der Waals surface area contributed by atoms with Gasteiger partial charge in [0.25, 0.3) is 5.56 Å². The zero-order chi connectivity index (χ0) is 23.7. The topological polar surface area (TPSA) is 107 Å². The number of fused-ring (bicyclic) bond motifs is 2. The quantitative estimate of drug-likeness (QED) is 0.320. The fraction of sp³-hybridized carbons (Fsp3) is 0.0400. The van der Waals surface area contributed by atoms with Crippen LogP contribution in [0.1, 0.15) is 5.56 Å². The van der Waals surface area contributed by atoms with E-state index in [9.17, 15) is 9.59 Å². The van der Waals surface area contributed by atoms with E-state index >= 15 is 0 Å². The SMILES string of the molecule is O=C(O)COc1ccc(C=Nn2c(-c3cc4ccccc4o3)nc3ccccc3c2=O)cc1Br. The van der Waals surface area contributed by atoms with Crippen LogP contribution in [0.15, 0.2) is 91.6 Å². The van der Waals surface area contributed by atoms with Crippen LogP contribution >= 0.6 is 15.9 Å². The fourth-order valence-electron chi connectivity index (χ4n) is 3.46. The number of nitrogens with zero attached hydrogens (tertiary/aromatic N) is 3. The van der Waals surface area contributed by atoms with Crippen molar-refractivity contribution in [1.82, 2.24) is 9.66 Å². The Morgan fingerprint density at radius 3 is 2.71 bits per heavy atom. The van der Waals surface area contributed by atoms with E-state index in [0.717, 1.165) is 5.39 Å². The van der Waals surface area contributed by atoms with Gasteiger partial charge in [0.15, 0.2) is 12.4 Å². The van der Waals surface area contributed by atoms with E-state index in [4.69, 9.17) is 14.3 Å². The molecule has 0 unspecified atom stereocenters. The van der Waals surface area contributed by atoms with Crippen molar-refractivity contribution in [2.45, 2.75) is 0 Å². The summed E-state index contributed by atoms with van der Waals surface area (Å²) in [6, 6.07) is 21.4. The molecule has 0 radical (unpaired) electrons. The molecular formula is C25H16BrN3O5. The first-order chi connectivity index (χ1) is 16.5. The molecule has 5 rings (SSSR count). The molecule has 2 aromatic heterocycles. The Balaban J connectivity index is 1.60. The number of carbonyl (C=O) groups is 1. The number of halogens is 1. The first kappa shape index (κ1) is 21.6. The van der Waals surface area contributed by atoms with Crippen LogP contribution in [0.2, 0.25) is 0 Å². The van der Waals surface area contributed by atoms with E-state index in [1.165, 1.54) is 10.9 Å². The Morgan fingerprint density at radius 1 is 1.12 bits per heavy atom. The lowest BCUT2D eigenvalue weighted by Gasteiger charge is -2.08. The molecule has 9 heteroatoms. The summed E-state index contributed by atoms with van der Waals surface area (Å²) in [7, 11) is 0. The van der Waals surface area contributed by atoms with E-state index in [2.05, 4.69) is 26.0 Å². The number of carboxylic acids is 1. The molecule has 0 bridgehead atoms. The highest BCUT2D eigenvalue weighted by molar-refractivity contribution is 9.10. The monoisotopic (exact) mass is 517 g/mol. The van der Waals surface area contributed by atoms with Gasteiger partial charge in [-0.2, -0.15) is 9.78 Å². The molecule has 34 heavy (non-hydrogen) atoms. The number of aromatic nitrogens is 2. The molecular weight excluding hydrogens is 502 g/mol. The average Bonchev–Trinajstić information content (AvgIpc) is 3.27. The van der Waals surface area contributed by atoms with Gasteiger partial charge in [0.05, 0.1) is 21.6 Å². The van der Waals surface area contributed by atoms with Crippen LogP contribution in [0.4, 0.5) is 0 Å². The summed E-state index contributed by atoms with van der Waals surface area (Å²) in [5, 5.41) is 14.5. The number of hydrogen-bond donors (Lipinski definition) is 1. The molecule has 0 aliphatic rings. The van der Waals surface area contributed by atoms with Crippen LogP contribution in [-0.4, -0.2) is 33.6 Å². The van der Waals surface area contributed by atoms with Crippen molar-refractivity contribution in [1.29, 1.82) is 0 Å². The highest BCUT2D eigenvalue weighted by Gasteiger charge is 2.16. The second-order valence-electron chi connectivity index (χ2n) is 7.33. The van der Waals surface area contributed by atoms with E-state index in [-0.39, 0.29) is 11.4 Å². The molecule has 0 saturated heterocycles. The Morgan fingerprint density at radius 2 is 1.91 bits per heavy atom. The second-order valence-corrected chi connectivity index (χ2v) is 8.19. The summed E-state index contributed by atoms with van der Waals surface area (Å²) in [6.45, 7) is -0.453. The Labute approximate surface area is 200 Å². The maximum absolute atomic E-state index is 13.3. The average molecular weight is 518 g/mol. The molecule has 0 atom stereocenters. The van der Waals surface area contributed by atoms with Crippen LogP contribution in [-0.2, 0) is 4.79 Å². The van der Waals surface area contributed by atoms with Gasteiger partial charge >= 0.3 is 5.97 Å². The first-order valence-corrected chi connectivity index (χ1v) is 11.0. The number of rotatable bonds is 6. The molecule has 168 valence electrons. The van der Waals surface area contributed by atoms with Crippen molar-refractivity contribution in [3.8, 4) is 17.3 Å². The third kappa shape index (κ3) is 4.20. The van der Waals surface area contributed by atoms with Crippen LogP contribution < -0.4 is 10.3 Å². The molecule has 0 spiro atoms. The third-order valence-electron chi connectivity index (χ3n) is 5.03. The third-order valence-corrected chi connectivity index (χ3v) is 5.65. The number of hydrogen-bond acceptors (Lipinski definition) is 6. The molecule has 0 amide bonds. The summed E-state index contributed by atoms with van der Waals surface area (Å²) in [4.78, 5) is 28.7. The summed E-state index contributed by atoms with van der Waals surface area (Å²) in [5.74, 6) is 0.00215. The molecule has 0 aliphatic carbocycles. The van der Waals surface area contributed by atoms with E-state index in [0.29, 0.717) is 38.0 Å². The number of para-hydroxylation sites is 2. The first-order valence-electron chi connectivity index (χ1n) is 10.2. The van der Waals surface area contributed by atoms with Crippen molar-refractivity contribution in [3.05, 3.63) is 93.2 Å². The Hall–Kier alpha value is -4.24. The fourth-order valence-corrected chi connectivity index (χ4v) is 3.97. The van der Waals surface area contributed by atoms with Crippen LogP contribution in [0, 0.1) is 0 Å². The van der Waals surface area contributed by atoms with Crippen LogP contribution in [0.5, 0.6) is 5.75 Å². The normalized spacial score (nSPS) is 11.4. The lowest BCUT2D eigenvalue weighted by Crippen LogP contribution is -2.20. The van der Waals surface area contributed by atoms with Crippen molar-refractivity contribution < 1.29 is 19.1 Å². The van der Waals surface area contributed by atoms with Crippen LogP contribution in [0.25, 0.3) is 33.5 Å². The van der Waals surface area contributed by atoms with Crippen molar-refractivity contribution in [2.75, 3.05) is 6.61 Å². The second kappa shape index (κ2) is 8.95. The summed E-state index contributed by atoms with van der Waals surface area (Å²) < 4.78 is 13.0. The van der Waals surface area contributed by atoms with Gasteiger partial charge in [-0.1, -0.05) is 30.3 Å². The summed E-state index contributed by atoms with van der Waals surface area (Å²) in [5.41, 5.74) is 1.54. The van der Waals surface area contributed by atoms with Crippen molar-refractivity contribution >= 4 is 50.0 Å². The minimum atomic E-state index is -1.07. The number of furan rings is 1. The summed E-state index contributed by atoms with van der Waals surface area (Å²) >= 11 is 3.37. The highest BCUT2D eigenvalue weighted by atomic mass is 79.9. The molecule has 2 heterocycles. The van der Waals surface area contributed by atoms with Gasteiger partial charge in [0.2, 0.25) is 5.82 Å². The Kier molecular flexibility index (Phi) is 5.69. The van der Waals surface area contributed by atoms with E-state index in [1.54, 1.807) is 36.4 Å². The van der Waals surface area contributed by atoms with Gasteiger partial charge in [-0.05, 0) is 64.0 Å². The largest absolute Gasteiger partial charge is 0.481 e. The predicted octanol–water partition coefficient (Wildman–Crippen LogP) is 4.92. The van der Waals surface area contributed by atoms with Crippen molar-refractivity contribution in [2.24, 2.45) is 5.10 Å². The molecule has 5 aromatic rings. The zero-order valence-electron chi connectivity index (χ0n) is 17.5. The van der Waals surface area contributed by atoms with Gasteiger partial charge in [-0.3, -0.25) is 4.79 Å². The highest BCUT2D eigenvalue weighted by Crippen LogP contribution is 2.28. The summed E-state index contributed by atoms with van der Waals surface area (Å²) in [6.07, 6.45) is 1.51. The minimum Gasteiger partial charge on any atom is -0.481 e. The predicted molar refractivity (Wildman–Crippen MR) is 131 cm³/mol.